The average Bonchev–Trinajstić information content (AvgIpc) is 2.92. The minimum Gasteiger partial charge on any atom is -0.493 e. The molecular weight excluding hydrogens is 489 g/mol. The van der Waals surface area contributed by atoms with Crippen LogP contribution in [0.4, 0.5) is 13.2 Å². The highest BCUT2D eigenvalue weighted by molar-refractivity contribution is 5.91. The molecule has 0 aliphatic heterocycles. The monoisotopic (exact) mass is 524 g/mol. The van der Waals surface area contributed by atoms with Crippen LogP contribution in [0.25, 0.3) is 11.1 Å². The van der Waals surface area contributed by atoms with Crippen molar-refractivity contribution < 1.29 is 27.4 Å². The maximum Gasteiger partial charge on any atom is 0.343 e. The van der Waals surface area contributed by atoms with Crippen LogP contribution in [0.15, 0.2) is 54.6 Å². The van der Waals surface area contributed by atoms with Gasteiger partial charge in [-0.2, -0.15) is 4.39 Å². The fraction of sp³-hybridized carbons (Fsp3) is 0.406. The van der Waals surface area contributed by atoms with Gasteiger partial charge in [-0.3, -0.25) is 0 Å². The number of carbonyl (C=O) groups excluding carboxylic acids is 1. The third kappa shape index (κ3) is 6.77. The highest BCUT2D eigenvalue weighted by Crippen LogP contribution is 2.38. The molecule has 0 radical (unpaired) electrons. The zero-order valence-corrected chi connectivity index (χ0v) is 22.1. The highest BCUT2D eigenvalue weighted by atomic mass is 19.2. The molecule has 1 fully saturated rings. The number of benzene rings is 3. The van der Waals surface area contributed by atoms with Crippen molar-refractivity contribution in [3.8, 4) is 22.6 Å². The summed E-state index contributed by atoms with van der Waals surface area (Å²) in [5.74, 6) is -2.75. The van der Waals surface area contributed by atoms with Crippen molar-refractivity contribution in [2.45, 2.75) is 71.1 Å². The molecule has 0 heterocycles. The first-order valence-electron chi connectivity index (χ1n) is 13.6. The topological polar surface area (TPSA) is 35.5 Å². The van der Waals surface area contributed by atoms with Crippen LogP contribution < -0.4 is 9.47 Å². The summed E-state index contributed by atoms with van der Waals surface area (Å²) in [6, 6.07) is 13.7. The Kier molecular flexibility index (Phi) is 9.48. The molecule has 1 aliphatic carbocycles. The van der Waals surface area contributed by atoms with Gasteiger partial charge in [-0.05, 0) is 72.6 Å². The number of halogens is 3. The van der Waals surface area contributed by atoms with Crippen molar-refractivity contribution in [2.75, 3.05) is 6.61 Å². The Bertz CT molecular complexity index is 1230. The molecule has 0 atom stereocenters. The molecule has 0 aromatic heterocycles. The van der Waals surface area contributed by atoms with Crippen LogP contribution in [0.1, 0.15) is 87.1 Å². The van der Waals surface area contributed by atoms with Crippen molar-refractivity contribution in [3.63, 3.8) is 0 Å². The highest BCUT2D eigenvalue weighted by Gasteiger charge is 2.26. The maximum atomic E-state index is 14.8. The normalized spacial score (nSPS) is 17.3. The maximum absolute atomic E-state index is 14.8. The minimum atomic E-state index is -1.15. The van der Waals surface area contributed by atoms with E-state index in [1.165, 1.54) is 30.3 Å². The van der Waals surface area contributed by atoms with Gasteiger partial charge in [-0.1, -0.05) is 64.2 Å². The summed E-state index contributed by atoms with van der Waals surface area (Å²) in [6.07, 6.45) is 7.91. The Balaban J connectivity index is 1.39. The first-order chi connectivity index (χ1) is 18.4. The van der Waals surface area contributed by atoms with Gasteiger partial charge < -0.3 is 9.47 Å². The number of unbranched alkanes of at least 4 members (excludes halogenated alkanes) is 3. The van der Waals surface area contributed by atoms with E-state index in [-0.39, 0.29) is 11.5 Å². The van der Waals surface area contributed by atoms with Gasteiger partial charge >= 0.3 is 5.97 Å². The van der Waals surface area contributed by atoms with Crippen molar-refractivity contribution in [1.82, 2.24) is 0 Å². The van der Waals surface area contributed by atoms with E-state index in [9.17, 15) is 18.0 Å². The Morgan fingerprint density at radius 1 is 0.868 bits per heavy atom. The molecule has 3 aromatic rings. The molecule has 1 aliphatic rings. The van der Waals surface area contributed by atoms with Crippen molar-refractivity contribution in [3.05, 3.63) is 83.2 Å². The lowest BCUT2D eigenvalue weighted by molar-refractivity contribution is 0.0726. The molecule has 0 saturated heterocycles. The summed E-state index contributed by atoms with van der Waals surface area (Å²) < 4.78 is 55.1. The van der Waals surface area contributed by atoms with E-state index >= 15 is 0 Å². The fourth-order valence-corrected chi connectivity index (χ4v) is 5.00. The number of rotatable bonds is 10. The molecule has 0 N–H and O–H groups in total. The van der Waals surface area contributed by atoms with Crippen LogP contribution in [0, 0.1) is 23.4 Å². The van der Waals surface area contributed by atoms with E-state index in [0.717, 1.165) is 51.4 Å². The van der Waals surface area contributed by atoms with Crippen LogP contribution >= 0.6 is 0 Å². The van der Waals surface area contributed by atoms with Crippen LogP contribution in [-0.2, 0) is 0 Å². The second-order valence-corrected chi connectivity index (χ2v) is 10.3. The zero-order valence-electron chi connectivity index (χ0n) is 22.1. The van der Waals surface area contributed by atoms with Gasteiger partial charge in [0, 0.05) is 11.6 Å². The summed E-state index contributed by atoms with van der Waals surface area (Å²) >= 11 is 0. The van der Waals surface area contributed by atoms with Gasteiger partial charge in [-0.15, -0.1) is 0 Å². The van der Waals surface area contributed by atoms with E-state index in [1.807, 2.05) is 0 Å². The van der Waals surface area contributed by atoms with E-state index < -0.39 is 29.2 Å². The standard InChI is InChI=1S/C32H35F3O3/c1-3-4-5-6-19-37-25-15-16-26(28(33)20-25)22-11-13-24(14-12-22)32(36)38-29-18-17-27(30(34)31(29)35)23-9-7-21(2)8-10-23/h11-18,20-21,23H,3-10,19H2,1-2H3. The average molecular weight is 525 g/mol. The van der Waals surface area contributed by atoms with Gasteiger partial charge in [-0.25, -0.2) is 13.6 Å². The number of ether oxygens (including phenoxy) is 2. The van der Waals surface area contributed by atoms with Crippen molar-refractivity contribution in [1.29, 1.82) is 0 Å². The number of hydrogen-bond acceptors (Lipinski definition) is 3. The molecule has 202 valence electrons. The number of esters is 1. The van der Waals surface area contributed by atoms with Gasteiger partial charge in [0.05, 0.1) is 12.2 Å². The number of carbonyl (C=O) groups is 1. The molecule has 3 nitrogen and oxygen atoms in total. The smallest absolute Gasteiger partial charge is 0.343 e. The fourth-order valence-electron chi connectivity index (χ4n) is 5.00. The van der Waals surface area contributed by atoms with Crippen LogP contribution in [0.3, 0.4) is 0 Å². The Hall–Kier alpha value is -3.28. The van der Waals surface area contributed by atoms with Crippen LogP contribution in [0.2, 0.25) is 0 Å². The molecule has 6 heteroatoms. The molecule has 0 bridgehead atoms. The van der Waals surface area contributed by atoms with Crippen molar-refractivity contribution >= 4 is 5.97 Å². The zero-order chi connectivity index (χ0) is 27.1. The third-order valence-electron chi connectivity index (χ3n) is 7.37. The molecule has 1 saturated carbocycles. The summed E-state index contributed by atoms with van der Waals surface area (Å²) in [4.78, 5) is 12.6. The molecule has 0 amide bonds. The number of hydrogen-bond donors (Lipinski definition) is 0. The third-order valence-corrected chi connectivity index (χ3v) is 7.37. The van der Waals surface area contributed by atoms with Gasteiger partial charge in [0.2, 0.25) is 5.82 Å². The Labute approximate surface area is 223 Å². The van der Waals surface area contributed by atoms with Gasteiger partial charge in [0.15, 0.2) is 11.6 Å². The lowest BCUT2D eigenvalue weighted by atomic mass is 9.79. The van der Waals surface area contributed by atoms with Crippen molar-refractivity contribution in [2.24, 2.45) is 5.92 Å². The summed E-state index contributed by atoms with van der Waals surface area (Å²) in [5, 5.41) is 0. The molecule has 0 unspecified atom stereocenters. The van der Waals surface area contributed by atoms with Gasteiger partial charge in [0.25, 0.3) is 0 Å². The largest absolute Gasteiger partial charge is 0.493 e. The summed E-state index contributed by atoms with van der Waals surface area (Å²) in [7, 11) is 0. The summed E-state index contributed by atoms with van der Waals surface area (Å²) in [5.41, 5.74) is 1.42. The lowest BCUT2D eigenvalue weighted by Crippen LogP contribution is -2.14. The first kappa shape index (κ1) is 27.7. The predicted octanol–water partition coefficient (Wildman–Crippen LogP) is 9.24. The van der Waals surface area contributed by atoms with E-state index in [4.69, 9.17) is 9.47 Å². The molecule has 38 heavy (non-hydrogen) atoms. The second kappa shape index (κ2) is 13.0. The van der Waals surface area contributed by atoms with E-state index in [2.05, 4.69) is 13.8 Å². The predicted molar refractivity (Wildman–Crippen MR) is 143 cm³/mol. The Morgan fingerprint density at radius 3 is 2.29 bits per heavy atom. The quantitative estimate of drug-likeness (QED) is 0.151. The molecule has 0 spiro atoms. The summed E-state index contributed by atoms with van der Waals surface area (Å²) in [6.45, 7) is 4.85. The van der Waals surface area contributed by atoms with Crippen LogP contribution in [-0.4, -0.2) is 12.6 Å². The second-order valence-electron chi connectivity index (χ2n) is 10.3. The molecule has 3 aromatic carbocycles. The Morgan fingerprint density at radius 2 is 1.61 bits per heavy atom. The lowest BCUT2D eigenvalue weighted by Gasteiger charge is -2.27. The van der Waals surface area contributed by atoms with E-state index in [0.29, 0.717) is 35.0 Å². The SMILES string of the molecule is CCCCCCOc1ccc(-c2ccc(C(=O)Oc3ccc(C4CCC(C)CC4)c(F)c3F)cc2)c(F)c1. The first-order valence-corrected chi connectivity index (χ1v) is 13.6. The van der Waals surface area contributed by atoms with E-state index in [1.54, 1.807) is 24.3 Å². The van der Waals surface area contributed by atoms with Gasteiger partial charge in [0.1, 0.15) is 11.6 Å². The van der Waals surface area contributed by atoms with Crippen LogP contribution in [0.5, 0.6) is 11.5 Å². The minimum absolute atomic E-state index is 0.0233. The molecular formula is C32H35F3O3. The molecule has 4 rings (SSSR count).